The van der Waals surface area contributed by atoms with Crippen molar-refractivity contribution >= 4 is 22.4 Å². The van der Waals surface area contributed by atoms with Crippen LogP contribution in [0.15, 0.2) is 60.0 Å². The van der Waals surface area contributed by atoms with E-state index in [1.54, 1.807) is 10.7 Å². The molecule has 8 heteroatoms. The number of amides is 1. The maximum absolute atomic E-state index is 12.7. The lowest BCUT2D eigenvalue weighted by Gasteiger charge is -2.03. The van der Waals surface area contributed by atoms with Crippen molar-refractivity contribution in [2.75, 3.05) is 12.1 Å². The van der Waals surface area contributed by atoms with E-state index in [2.05, 4.69) is 15.4 Å². The van der Waals surface area contributed by atoms with Crippen LogP contribution in [0.5, 0.6) is 11.5 Å². The molecule has 0 atom stereocenters. The lowest BCUT2D eigenvalue weighted by atomic mass is 10.1. The van der Waals surface area contributed by atoms with E-state index in [1.165, 1.54) is 11.3 Å². The van der Waals surface area contributed by atoms with Crippen molar-refractivity contribution in [1.29, 1.82) is 0 Å². The summed E-state index contributed by atoms with van der Waals surface area (Å²) in [6, 6.07) is 17.1. The number of carbonyl (C=O) groups is 1. The number of anilines is 1. The van der Waals surface area contributed by atoms with Gasteiger partial charge in [0.15, 0.2) is 22.3 Å². The van der Waals surface area contributed by atoms with Gasteiger partial charge in [0.1, 0.15) is 0 Å². The molecule has 1 amide bonds. The molecule has 7 nitrogen and oxygen atoms in total. The molecule has 5 rings (SSSR count). The van der Waals surface area contributed by atoms with Crippen LogP contribution in [-0.2, 0) is 0 Å². The topological polar surface area (TPSA) is 78.3 Å². The molecule has 0 bridgehead atoms. The summed E-state index contributed by atoms with van der Waals surface area (Å²) in [4.78, 5) is 17.2. The summed E-state index contributed by atoms with van der Waals surface area (Å²) in [6.07, 6.45) is 0. The molecular formula is C21H16N4O3S. The molecule has 0 saturated heterocycles. The average molecular weight is 404 g/mol. The summed E-state index contributed by atoms with van der Waals surface area (Å²) in [5, 5.41) is 9.66. The summed E-state index contributed by atoms with van der Waals surface area (Å²) in [5.74, 6) is 1.12. The quantitative estimate of drug-likeness (QED) is 0.549. The number of benzene rings is 2. The monoisotopic (exact) mass is 404 g/mol. The molecule has 144 valence electrons. The lowest BCUT2D eigenvalue weighted by molar-refractivity contribution is 0.102. The Morgan fingerprint density at radius 1 is 1.10 bits per heavy atom. The molecule has 4 aromatic rings. The summed E-state index contributed by atoms with van der Waals surface area (Å²) >= 11 is 1.36. The SMILES string of the molecule is Cc1cc(C(=O)Nc2nc(-c3ccc4c(c3)OCO4)cs2)nn1-c1ccccc1. The van der Waals surface area contributed by atoms with Crippen LogP contribution in [0.3, 0.4) is 0 Å². The van der Waals surface area contributed by atoms with E-state index in [0.29, 0.717) is 16.6 Å². The predicted octanol–water partition coefficient (Wildman–Crippen LogP) is 4.29. The van der Waals surface area contributed by atoms with Gasteiger partial charge in [-0.15, -0.1) is 11.3 Å². The molecule has 1 N–H and O–H groups in total. The molecule has 0 saturated carbocycles. The highest BCUT2D eigenvalue weighted by molar-refractivity contribution is 7.14. The second-order valence-corrected chi connectivity index (χ2v) is 7.34. The van der Waals surface area contributed by atoms with Gasteiger partial charge in [-0.25, -0.2) is 9.67 Å². The number of carbonyl (C=O) groups excluding carboxylic acids is 1. The number of fused-ring (bicyclic) bond motifs is 1. The van der Waals surface area contributed by atoms with Crippen LogP contribution in [0.1, 0.15) is 16.2 Å². The van der Waals surface area contributed by atoms with Crippen LogP contribution in [0, 0.1) is 6.92 Å². The molecule has 0 unspecified atom stereocenters. The van der Waals surface area contributed by atoms with Gasteiger partial charge in [-0.2, -0.15) is 5.10 Å². The van der Waals surface area contributed by atoms with Crippen molar-refractivity contribution in [3.05, 3.63) is 71.4 Å². The Morgan fingerprint density at radius 3 is 2.79 bits per heavy atom. The number of rotatable bonds is 4. The molecule has 1 aliphatic rings. The molecule has 0 fully saturated rings. The maximum Gasteiger partial charge on any atom is 0.277 e. The Bertz CT molecular complexity index is 1200. The Morgan fingerprint density at radius 2 is 1.93 bits per heavy atom. The van der Waals surface area contributed by atoms with Crippen LogP contribution < -0.4 is 14.8 Å². The lowest BCUT2D eigenvalue weighted by Crippen LogP contribution is -2.13. The van der Waals surface area contributed by atoms with Gasteiger partial charge in [0, 0.05) is 16.6 Å². The van der Waals surface area contributed by atoms with Gasteiger partial charge in [0.2, 0.25) is 6.79 Å². The second-order valence-electron chi connectivity index (χ2n) is 6.48. The minimum Gasteiger partial charge on any atom is -0.454 e. The van der Waals surface area contributed by atoms with Crippen molar-refractivity contribution in [3.8, 4) is 28.4 Å². The molecule has 2 aromatic heterocycles. The summed E-state index contributed by atoms with van der Waals surface area (Å²) in [5.41, 5.74) is 3.78. The highest BCUT2D eigenvalue weighted by Crippen LogP contribution is 2.36. The normalized spacial score (nSPS) is 12.2. The first-order valence-electron chi connectivity index (χ1n) is 8.96. The number of aryl methyl sites for hydroxylation is 1. The molecule has 1 aliphatic heterocycles. The molecular weight excluding hydrogens is 388 g/mol. The van der Waals surface area contributed by atoms with E-state index >= 15 is 0 Å². The van der Waals surface area contributed by atoms with E-state index in [1.807, 2.05) is 60.8 Å². The fourth-order valence-electron chi connectivity index (χ4n) is 3.10. The van der Waals surface area contributed by atoms with Crippen molar-refractivity contribution in [2.24, 2.45) is 0 Å². The third kappa shape index (κ3) is 3.34. The third-order valence-corrected chi connectivity index (χ3v) is 5.27. The number of ether oxygens (including phenoxy) is 2. The van der Waals surface area contributed by atoms with E-state index in [4.69, 9.17) is 9.47 Å². The first-order chi connectivity index (χ1) is 14.2. The second kappa shape index (κ2) is 7.06. The summed E-state index contributed by atoms with van der Waals surface area (Å²) < 4.78 is 12.5. The zero-order valence-corrected chi connectivity index (χ0v) is 16.3. The Kier molecular flexibility index (Phi) is 4.25. The first kappa shape index (κ1) is 17.4. The van der Waals surface area contributed by atoms with Crippen LogP contribution >= 0.6 is 11.3 Å². The van der Waals surface area contributed by atoms with Gasteiger partial charge >= 0.3 is 0 Å². The van der Waals surface area contributed by atoms with E-state index in [0.717, 1.165) is 28.4 Å². The van der Waals surface area contributed by atoms with E-state index in [9.17, 15) is 4.79 Å². The Balaban J connectivity index is 1.34. The zero-order valence-electron chi connectivity index (χ0n) is 15.5. The molecule has 2 aromatic carbocycles. The van der Waals surface area contributed by atoms with Gasteiger partial charge in [-0.05, 0) is 43.3 Å². The van der Waals surface area contributed by atoms with Gasteiger partial charge in [-0.1, -0.05) is 18.2 Å². The Hall–Kier alpha value is -3.65. The van der Waals surface area contributed by atoms with E-state index < -0.39 is 0 Å². The third-order valence-electron chi connectivity index (χ3n) is 4.51. The van der Waals surface area contributed by atoms with Gasteiger partial charge in [0.05, 0.1) is 11.4 Å². The van der Waals surface area contributed by atoms with Gasteiger partial charge in [-0.3, -0.25) is 10.1 Å². The van der Waals surface area contributed by atoms with Crippen LogP contribution in [0.25, 0.3) is 16.9 Å². The number of nitrogens with one attached hydrogen (secondary N) is 1. The number of nitrogens with zero attached hydrogens (tertiary/aromatic N) is 3. The van der Waals surface area contributed by atoms with Crippen LogP contribution in [0.2, 0.25) is 0 Å². The number of thiazole rings is 1. The molecule has 0 aliphatic carbocycles. The number of aromatic nitrogens is 3. The summed E-state index contributed by atoms with van der Waals surface area (Å²) in [7, 11) is 0. The average Bonchev–Trinajstić information content (AvgIpc) is 3.47. The zero-order chi connectivity index (χ0) is 19.8. The molecule has 3 heterocycles. The number of para-hydroxylation sites is 1. The van der Waals surface area contributed by atoms with Crippen molar-refractivity contribution in [3.63, 3.8) is 0 Å². The van der Waals surface area contributed by atoms with Crippen LogP contribution in [-0.4, -0.2) is 27.5 Å². The van der Waals surface area contributed by atoms with Crippen molar-refractivity contribution in [2.45, 2.75) is 6.92 Å². The summed E-state index contributed by atoms with van der Waals surface area (Å²) in [6.45, 7) is 2.14. The Labute approximate surface area is 170 Å². The smallest absolute Gasteiger partial charge is 0.277 e. The van der Waals surface area contributed by atoms with Crippen molar-refractivity contribution in [1.82, 2.24) is 14.8 Å². The fraction of sp³-hybridized carbons (Fsp3) is 0.0952. The van der Waals surface area contributed by atoms with Gasteiger partial charge in [0.25, 0.3) is 5.91 Å². The van der Waals surface area contributed by atoms with Gasteiger partial charge < -0.3 is 9.47 Å². The maximum atomic E-state index is 12.7. The number of hydrogen-bond donors (Lipinski definition) is 1. The minimum absolute atomic E-state index is 0.228. The first-order valence-corrected chi connectivity index (χ1v) is 9.84. The van der Waals surface area contributed by atoms with Crippen LogP contribution in [0.4, 0.5) is 5.13 Å². The highest BCUT2D eigenvalue weighted by atomic mass is 32.1. The largest absolute Gasteiger partial charge is 0.454 e. The standard InChI is InChI=1S/C21H16N4O3S/c1-13-9-16(24-25(13)15-5-3-2-4-6-15)20(26)23-21-22-17(11-29-21)14-7-8-18-19(10-14)28-12-27-18/h2-11H,12H2,1H3,(H,22,23,26). The van der Waals surface area contributed by atoms with Crippen molar-refractivity contribution < 1.29 is 14.3 Å². The minimum atomic E-state index is -0.297. The predicted molar refractivity (Wildman–Crippen MR) is 110 cm³/mol. The molecule has 29 heavy (non-hydrogen) atoms. The molecule has 0 spiro atoms. The number of hydrogen-bond acceptors (Lipinski definition) is 6. The fourth-order valence-corrected chi connectivity index (χ4v) is 3.81. The highest BCUT2D eigenvalue weighted by Gasteiger charge is 2.17. The van der Waals surface area contributed by atoms with E-state index in [-0.39, 0.29) is 12.7 Å². The molecule has 0 radical (unpaired) electrons.